The molecule has 0 N–H and O–H groups in total. The lowest BCUT2D eigenvalue weighted by atomic mass is 10.1. The van der Waals surface area contributed by atoms with Crippen LogP contribution in [0.1, 0.15) is 18.2 Å². The van der Waals surface area contributed by atoms with Crippen molar-refractivity contribution >= 4 is 11.6 Å². The molecule has 62 valence electrons. The lowest BCUT2D eigenvalue weighted by molar-refractivity contribution is 0.620. The number of aromatic nitrogens is 1. The summed E-state index contributed by atoms with van der Waals surface area (Å²) in [7, 11) is 0. The summed E-state index contributed by atoms with van der Waals surface area (Å²) in [6.07, 6.45) is 2.75. The molecule has 2 heteroatoms. The van der Waals surface area contributed by atoms with E-state index in [0.29, 0.717) is 11.3 Å². The van der Waals surface area contributed by atoms with Gasteiger partial charge in [0.15, 0.2) is 0 Å². The van der Waals surface area contributed by atoms with Crippen molar-refractivity contribution in [2.24, 2.45) is 0 Å². The fourth-order valence-corrected chi connectivity index (χ4v) is 0.967. The fraction of sp³-hybridized carbons (Fsp3) is 0.100. The van der Waals surface area contributed by atoms with E-state index in [1.54, 1.807) is 6.08 Å². The Balaban J connectivity index is 3.29. The third-order valence-corrected chi connectivity index (χ3v) is 1.51. The van der Waals surface area contributed by atoms with Crippen LogP contribution >= 0.6 is 0 Å². The number of hydrogen-bond donors (Lipinski definition) is 0. The van der Waals surface area contributed by atoms with Gasteiger partial charge in [-0.1, -0.05) is 19.2 Å². The summed E-state index contributed by atoms with van der Waals surface area (Å²) in [4.78, 5) is 3.90. The van der Waals surface area contributed by atoms with Crippen molar-refractivity contribution in [1.82, 2.24) is 4.98 Å². The van der Waals surface area contributed by atoms with Crippen molar-refractivity contribution < 1.29 is 4.39 Å². The summed E-state index contributed by atoms with van der Waals surface area (Å²) in [5, 5.41) is 0. The van der Waals surface area contributed by atoms with Gasteiger partial charge in [0.25, 0.3) is 0 Å². The zero-order chi connectivity index (χ0) is 9.14. The second-order valence-corrected chi connectivity index (χ2v) is 2.58. The van der Waals surface area contributed by atoms with Crippen LogP contribution in [0.25, 0.3) is 11.6 Å². The third kappa shape index (κ3) is 1.59. The van der Waals surface area contributed by atoms with Crippen LogP contribution in [0.4, 0.5) is 4.39 Å². The van der Waals surface area contributed by atoms with Gasteiger partial charge in [-0.25, -0.2) is 4.39 Å². The molecular weight excluding hydrogens is 153 g/mol. The van der Waals surface area contributed by atoms with E-state index in [2.05, 4.69) is 18.1 Å². The monoisotopic (exact) mass is 163 g/mol. The molecule has 0 aliphatic heterocycles. The van der Waals surface area contributed by atoms with Gasteiger partial charge in [-0.15, -0.1) is 0 Å². The zero-order valence-electron chi connectivity index (χ0n) is 6.97. The summed E-state index contributed by atoms with van der Waals surface area (Å²) >= 11 is 0. The molecule has 0 unspecified atom stereocenters. The van der Waals surface area contributed by atoms with Crippen molar-refractivity contribution in [1.29, 1.82) is 0 Å². The highest BCUT2D eigenvalue weighted by Gasteiger charge is 2.02. The minimum atomic E-state index is -0.352. The summed E-state index contributed by atoms with van der Waals surface area (Å²) in [5.41, 5.74) is 2.19. The number of halogens is 1. The molecule has 0 saturated heterocycles. The molecule has 0 fully saturated rings. The second-order valence-electron chi connectivity index (χ2n) is 2.58. The Morgan fingerprint density at radius 2 is 2.33 bits per heavy atom. The summed E-state index contributed by atoms with van der Waals surface area (Å²) in [5.74, 6) is -0.352. The number of allylic oxidation sites excluding steroid dienone is 1. The Morgan fingerprint density at radius 1 is 1.67 bits per heavy atom. The van der Waals surface area contributed by atoms with Gasteiger partial charge in [-0.2, -0.15) is 0 Å². The van der Waals surface area contributed by atoms with Gasteiger partial charge < -0.3 is 0 Å². The lowest BCUT2D eigenvalue weighted by Crippen LogP contribution is -1.91. The van der Waals surface area contributed by atoms with Crippen molar-refractivity contribution in [3.05, 3.63) is 42.5 Å². The van der Waals surface area contributed by atoms with Gasteiger partial charge in [-0.05, 0) is 18.6 Å². The first-order valence-corrected chi connectivity index (χ1v) is 3.59. The van der Waals surface area contributed by atoms with Crippen molar-refractivity contribution in [3.63, 3.8) is 0 Å². The normalized spacial score (nSPS) is 9.50. The maximum absolute atomic E-state index is 12.7. The number of nitrogens with zero attached hydrogens (tertiary/aromatic N) is 1. The van der Waals surface area contributed by atoms with E-state index in [4.69, 9.17) is 0 Å². The van der Waals surface area contributed by atoms with Crippen LogP contribution in [-0.2, 0) is 0 Å². The maximum Gasteiger partial charge on any atom is 0.142 e. The molecule has 1 aromatic rings. The highest BCUT2D eigenvalue weighted by Crippen LogP contribution is 2.16. The molecule has 0 atom stereocenters. The van der Waals surface area contributed by atoms with Crippen LogP contribution in [0, 0.1) is 5.82 Å². The van der Waals surface area contributed by atoms with Gasteiger partial charge in [0.1, 0.15) is 5.82 Å². The molecule has 1 rings (SSSR count). The van der Waals surface area contributed by atoms with Crippen LogP contribution in [0.2, 0.25) is 0 Å². The van der Waals surface area contributed by atoms with E-state index in [1.165, 1.54) is 12.3 Å². The van der Waals surface area contributed by atoms with E-state index in [0.717, 1.165) is 5.57 Å². The summed E-state index contributed by atoms with van der Waals surface area (Å²) in [6.45, 7) is 9.12. The molecule has 0 radical (unpaired) electrons. The van der Waals surface area contributed by atoms with Gasteiger partial charge in [0.2, 0.25) is 0 Å². The molecule has 1 heterocycles. The minimum absolute atomic E-state index is 0.352. The first-order valence-electron chi connectivity index (χ1n) is 3.59. The number of rotatable bonds is 2. The highest BCUT2D eigenvalue weighted by molar-refractivity contribution is 5.68. The van der Waals surface area contributed by atoms with Crippen LogP contribution in [0.5, 0.6) is 0 Å². The van der Waals surface area contributed by atoms with Crippen LogP contribution in [-0.4, -0.2) is 4.98 Å². The summed E-state index contributed by atoms with van der Waals surface area (Å²) < 4.78 is 12.7. The van der Waals surface area contributed by atoms with Crippen LogP contribution in [0.3, 0.4) is 0 Å². The largest absolute Gasteiger partial charge is 0.253 e. The third-order valence-electron chi connectivity index (χ3n) is 1.51. The first-order chi connectivity index (χ1) is 5.65. The average molecular weight is 163 g/mol. The predicted molar refractivity (Wildman–Crippen MR) is 49.0 cm³/mol. The standard InChI is InChI=1S/C10H10FN/c1-4-8-5-9(11)6-12-10(8)7(2)3/h4-6H,1-2H2,3H3. The minimum Gasteiger partial charge on any atom is -0.253 e. The van der Waals surface area contributed by atoms with Crippen LogP contribution < -0.4 is 0 Å². The van der Waals surface area contributed by atoms with Crippen molar-refractivity contribution in [2.75, 3.05) is 0 Å². The van der Waals surface area contributed by atoms with Crippen molar-refractivity contribution in [2.45, 2.75) is 6.92 Å². The van der Waals surface area contributed by atoms with Crippen LogP contribution in [0.15, 0.2) is 25.4 Å². The summed E-state index contributed by atoms with van der Waals surface area (Å²) in [6, 6.07) is 1.39. The van der Waals surface area contributed by atoms with E-state index in [1.807, 2.05) is 6.92 Å². The Kier molecular flexibility index (Phi) is 2.38. The predicted octanol–water partition coefficient (Wildman–Crippen LogP) is 2.90. The first kappa shape index (κ1) is 8.65. The molecular formula is C10H10FN. The molecule has 0 aromatic carbocycles. The van der Waals surface area contributed by atoms with Gasteiger partial charge in [0, 0.05) is 5.56 Å². The molecule has 0 saturated carbocycles. The fourth-order valence-electron chi connectivity index (χ4n) is 0.967. The molecule has 0 amide bonds. The molecule has 0 aliphatic carbocycles. The van der Waals surface area contributed by atoms with E-state index in [-0.39, 0.29) is 5.82 Å². The van der Waals surface area contributed by atoms with E-state index >= 15 is 0 Å². The van der Waals surface area contributed by atoms with E-state index < -0.39 is 0 Å². The molecule has 0 bridgehead atoms. The molecule has 0 spiro atoms. The zero-order valence-corrected chi connectivity index (χ0v) is 6.97. The maximum atomic E-state index is 12.7. The Morgan fingerprint density at radius 3 is 2.83 bits per heavy atom. The molecule has 1 aromatic heterocycles. The molecule has 1 nitrogen and oxygen atoms in total. The number of pyridine rings is 1. The molecule has 12 heavy (non-hydrogen) atoms. The highest BCUT2D eigenvalue weighted by atomic mass is 19.1. The van der Waals surface area contributed by atoms with Gasteiger partial charge in [-0.3, -0.25) is 4.98 Å². The second kappa shape index (κ2) is 3.30. The van der Waals surface area contributed by atoms with Gasteiger partial charge in [0.05, 0.1) is 11.9 Å². The SMILES string of the molecule is C=Cc1cc(F)cnc1C(=C)C. The quantitative estimate of drug-likeness (QED) is 0.653. The Hall–Kier alpha value is -1.44. The van der Waals surface area contributed by atoms with Crippen molar-refractivity contribution in [3.8, 4) is 0 Å². The molecule has 0 aliphatic rings. The average Bonchev–Trinajstić information content (AvgIpc) is 2.03. The van der Waals surface area contributed by atoms with Gasteiger partial charge >= 0.3 is 0 Å². The Bertz CT molecular complexity index is 329. The van der Waals surface area contributed by atoms with E-state index in [9.17, 15) is 4.39 Å². The topological polar surface area (TPSA) is 12.9 Å². The smallest absolute Gasteiger partial charge is 0.142 e. The Labute approximate surface area is 71.3 Å². The number of hydrogen-bond acceptors (Lipinski definition) is 1. The lowest BCUT2D eigenvalue weighted by Gasteiger charge is -2.02.